The first kappa shape index (κ1) is 19.8. The Morgan fingerprint density at radius 3 is 2.75 bits per heavy atom. The van der Waals surface area contributed by atoms with Crippen molar-refractivity contribution in [1.29, 1.82) is 0 Å². The minimum atomic E-state index is 0.144. The minimum absolute atomic E-state index is 0.144. The number of hydrogen-bond donors (Lipinski definition) is 1. The Hall–Kier alpha value is -1.50. The molecule has 1 aromatic carbocycles. The van der Waals surface area contributed by atoms with Crippen LogP contribution in [0.4, 0.5) is 0 Å². The number of fused-ring (bicyclic) bond motifs is 1. The van der Waals surface area contributed by atoms with Crippen molar-refractivity contribution >= 4 is 27.5 Å². The lowest BCUT2D eigenvalue weighted by Crippen LogP contribution is -2.59. The second kappa shape index (κ2) is 9.33. The van der Waals surface area contributed by atoms with E-state index in [4.69, 9.17) is 4.74 Å². The number of aryl methyl sites for hydroxylation is 1. The number of hydrogen-bond acceptors (Lipinski definition) is 5. The molecule has 2 fully saturated rings. The molecule has 0 spiro atoms. The van der Waals surface area contributed by atoms with E-state index in [2.05, 4.69) is 27.3 Å². The largest absolute Gasteiger partial charge is 0.379 e. The van der Waals surface area contributed by atoms with Crippen molar-refractivity contribution in [2.75, 3.05) is 32.8 Å². The molecule has 0 radical (unpaired) electrons. The monoisotopic (exact) mass is 401 g/mol. The summed E-state index contributed by atoms with van der Waals surface area (Å²) >= 11 is 1.74. The van der Waals surface area contributed by atoms with Gasteiger partial charge in [0.05, 0.1) is 28.4 Å². The highest BCUT2D eigenvalue weighted by atomic mass is 32.1. The Labute approximate surface area is 171 Å². The number of carbonyl (C=O) groups excluding carboxylic acids is 1. The van der Waals surface area contributed by atoms with Crippen LogP contribution in [-0.4, -0.2) is 54.2 Å². The summed E-state index contributed by atoms with van der Waals surface area (Å²) in [5, 5.41) is 4.40. The number of benzene rings is 1. The molecule has 1 N–H and O–H groups in total. The molecule has 4 rings (SSSR count). The molecule has 1 aliphatic carbocycles. The topological polar surface area (TPSA) is 54.5 Å². The number of aromatic nitrogens is 1. The van der Waals surface area contributed by atoms with E-state index in [0.29, 0.717) is 6.42 Å². The van der Waals surface area contributed by atoms with Crippen LogP contribution in [0.5, 0.6) is 0 Å². The maximum Gasteiger partial charge on any atom is 0.220 e. The summed E-state index contributed by atoms with van der Waals surface area (Å²) in [5.74, 6) is 0.180. The number of carbonyl (C=O) groups is 1. The van der Waals surface area contributed by atoms with Crippen LogP contribution >= 0.6 is 11.3 Å². The lowest BCUT2D eigenvalue weighted by atomic mass is 9.79. The van der Waals surface area contributed by atoms with E-state index in [1.165, 1.54) is 36.8 Å². The van der Waals surface area contributed by atoms with Gasteiger partial charge in [-0.3, -0.25) is 9.69 Å². The second-order valence-corrected chi connectivity index (χ2v) is 9.21. The molecule has 5 nitrogen and oxygen atoms in total. The van der Waals surface area contributed by atoms with Gasteiger partial charge in [0.1, 0.15) is 0 Å². The number of morpholine rings is 1. The van der Waals surface area contributed by atoms with Crippen molar-refractivity contribution in [1.82, 2.24) is 15.2 Å². The third-order valence-electron chi connectivity index (χ3n) is 6.21. The number of nitrogens with zero attached hydrogens (tertiary/aromatic N) is 2. The molecule has 1 aliphatic heterocycles. The standard InChI is InChI=1S/C22H31N3O2S/c26-20(9-6-10-21-24-18-7-2-3-8-19(18)28-21)23-17-22(11-4-1-5-12-22)25-13-15-27-16-14-25/h2-3,7-8H,1,4-6,9-17H2,(H,23,26). The Morgan fingerprint density at radius 1 is 1.18 bits per heavy atom. The van der Waals surface area contributed by atoms with Crippen molar-refractivity contribution in [2.45, 2.75) is 56.9 Å². The van der Waals surface area contributed by atoms with Crippen LogP contribution < -0.4 is 5.32 Å². The summed E-state index contributed by atoms with van der Waals surface area (Å²) in [6, 6.07) is 8.23. The summed E-state index contributed by atoms with van der Waals surface area (Å²) < 4.78 is 6.77. The normalized spacial score (nSPS) is 20.3. The lowest BCUT2D eigenvalue weighted by molar-refractivity contribution is -0.122. The number of amides is 1. The summed E-state index contributed by atoms with van der Waals surface area (Å²) in [7, 11) is 0. The van der Waals surface area contributed by atoms with Crippen LogP contribution in [0.1, 0.15) is 50.0 Å². The molecule has 0 unspecified atom stereocenters. The zero-order valence-electron chi connectivity index (χ0n) is 16.6. The number of rotatable bonds is 7. The van der Waals surface area contributed by atoms with Crippen LogP contribution in [0.3, 0.4) is 0 Å². The third kappa shape index (κ3) is 4.73. The molecule has 2 heterocycles. The molecule has 1 aromatic heterocycles. The fraction of sp³-hybridized carbons (Fsp3) is 0.636. The van der Waals surface area contributed by atoms with Gasteiger partial charge in [0, 0.05) is 31.6 Å². The highest BCUT2D eigenvalue weighted by Gasteiger charge is 2.38. The van der Waals surface area contributed by atoms with E-state index in [1.54, 1.807) is 11.3 Å². The zero-order chi connectivity index (χ0) is 19.2. The summed E-state index contributed by atoms with van der Waals surface area (Å²) in [5.41, 5.74) is 1.21. The first-order valence-corrected chi connectivity index (χ1v) is 11.5. The highest BCUT2D eigenvalue weighted by molar-refractivity contribution is 7.18. The van der Waals surface area contributed by atoms with E-state index in [0.717, 1.165) is 56.2 Å². The molecule has 1 saturated carbocycles. The minimum Gasteiger partial charge on any atom is -0.379 e. The Bertz CT molecular complexity index is 746. The van der Waals surface area contributed by atoms with Gasteiger partial charge in [0.25, 0.3) is 0 Å². The van der Waals surface area contributed by atoms with Crippen molar-refractivity contribution in [3.63, 3.8) is 0 Å². The molecule has 0 bridgehead atoms. The zero-order valence-corrected chi connectivity index (χ0v) is 17.4. The lowest BCUT2D eigenvalue weighted by Gasteiger charge is -2.48. The molecule has 2 aromatic rings. The van der Waals surface area contributed by atoms with Gasteiger partial charge in [0.15, 0.2) is 0 Å². The maximum atomic E-state index is 12.5. The molecule has 1 saturated heterocycles. The van der Waals surface area contributed by atoms with Gasteiger partial charge in [-0.2, -0.15) is 0 Å². The van der Waals surface area contributed by atoms with Gasteiger partial charge in [-0.1, -0.05) is 31.4 Å². The predicted molar refractivity (Wildman–Crippen MR) is 114 cm³/mol. The first-order valence-electron chi connectivity index (χ1n) is 10.7. The SMILES string of the molecule is O=C(CCCc1nc2ccccc2s1)NCC1(N2CCOCC2)CCCCC1. The quantitative estimate of drug-likeness (QED) is 0.767. The van der Waals surface area contributed by atoms with Crippen LogP contribution in [0.15, 0.2) is 24.3 Å². The van der Waals surface area contributed by atoms with Crippen LogP contribution in [-0.2, 0) is 16.0 Å². The van der Waals surface area contributed by atoms with Gasteiger partial charge >= 0.3 is 0 Å². The Morgan fingerprint density at radius 2 is 1.96 bits per heavy atom. The summed E-state index contributed by atoms with van der Waals surface area (Å²) in [4.78, 5) is 19.8. The first-order chi connectivity index (χ1) is 13.8. The predicted octanol–water partition coefficient (Wildman–Crippen LogP) is 3.77. The summed E-state index contributed by atoms with van der Waals surface area (Å²) in [6.07, 6.45) is 8.56. The summed E-state index contributed by atoms with van der Waals surface area (Å²) in [6.45, 7) is 4.41. The van der Waals surface area contributed by atoms with Gasteiger partial charge in [-0.05, 0) is 37.8 Å². The van der Waals surface area contributed by atoms with Gasteiger partial charge in [-0.25, -0.2) is 4.98 Å². The number of nitrogens with one attached hydrogen (secondary N) is 1. The highest BCUT2D eigenvalue weighted by Crippen LogP contribution is 2.34. The van der Waals surface area contributed by atoms with Crippen molar-refractivity contribution in [3.05, 3.63) is 29.3 Å². The van der Waals surface area contributed by atoms with Crippen molar-refractivity contribution < 1.29 is 9.53 Å². The van der Waals surface area contributed by atoms with Crippen molar-refractivity contribution in [2.24, 2.45) is 0 Å². The van der Waals surface area contributed by atoms with E-state index in [1.807, 2.05) is 12.1 Å². The van der Waals surface area contributed by atoms with E-state index in [-0.39, 0.29) is 11.4 Å². The van der Waals surface area contributed by atoms with E-state index >= 15 is 0 Å². The molecule has 28 heavy (non-hydrogen) atoms. The van der Waals surface area contributed by atoms with Crippen LogP contribution in [0.25, 0.3) is 10.2 Å². The van der Waals surface area contributed by atoms with Crippen LogP contribution in [0, 0.1) is 0 Å². The Kier molecular flexibility index (Phi) is 6.60. The smallest absolute Gasteiger partial charge is 0.220 e. The Balaban J connectivity index is 1.26. The fourth-order valence-corrected chi connectivity index (χ4v) is 5.64. The van der Waals surface area contributed by atoms with E-state index < -0.39 is 0 Å². The van der Waals surface area contributed by atoms with E-state index in [9.17, 15) is 4.79 Å². The number of para-hydroxylation sites is 1. The van der Waals surface area contributed by atoms with Gasteiger partial charge < -0.3 is 10.1 Å². The molecule has 6 heteroatoms. The fourth-order valence-electron chi connectivity index (χ4n) is 4.63. The molecular weight excluding hydrogens is 370 g/mol. The second-order valence-electron chi connectivity index (χ2n) is 8.09. The maximum absolute atomic E-state index is 12.5. The molecule has 1 amide bonds. The van der Waals surface area contributed by atoms with Crippen molar-refractivity contribution in [3.8, 4) is 0 Å². The van der Waals surface area contributed by atoms with Crippen LogP contribution in [0.2, 0.25) is 0 Å². The van der Waals surface area contributed by atoms with Gasteiger partial charge in [0.2, 0.25) is 5.91 Å². The molecule has 0 atom stereocenters. The van der Waals surface area contributed by atoms with Gasteiger partial charge in [-0.15, -0.1) is 11.3 Å². The molecule has 2 aliphatic rings. The number of thiazole rings is 1. The average Bonchev–Trinajstić information content (AvgIpc) is 3.16. The average molecular weight is 402 g/mol. The third-order valence-corrected chi connectivity index (χ3v) is 7.31. The molecule has 152 valence electrons. The molecular formula is C22H31N3O2S. The number of ether oxygens (including phenoxy) is 1.